The summed E-state index contributed by atoms with van der Waals surface area (Å²) in [5.74, 6) is -0.320. The van der Waals surface area contributed by atoms with Crippen molar-refractivity contribution in [2.24, 2.45) is 5.73 Å². The number of amides is 3. The number of aryl methyl sites for hydroxylation is 1. The van der Waals surface area contributed by atoms with Crippen molar-refractivity contribution < 1.29 is 14.0 Å². The smallest absolute Gasteiger partial charge is 0.319 e. The number of nitrogens with zero attached hydrogens (tertiary/aromatic N) is 3. The third-order valence-corrected chi connectivity index (χ3v) is 3.71. The predicted octanol–water partition coefficient (Wildman–Crippen LogP) is 1.55. The number of aromatic nitrogens is 2. The molecule has 1 aromatic carbocycles. The third kappa shape index (κ3) is 3.01. The van der Waals surface area contributed by atoms with E-state index in [1.165, 1.54) is 22.0 Å². The van der Waals surface area contributed by atoms with E-state index in [2.05, 4.69) is 10.4 Å². The van der Waals surface area contributed by atoms with Crippen molar-refractivity contribution in [3.63, 3.8) is 0 Å². The Morgan fingerprint density at radius 1 is 1.39 bits per heavy atom. The van der Waals surface area contributed by atoms with E-state index in [4.69, 9.17) is 5.73 Å². The summed E-state index contributed by atoms with van der Waals surface area (Å²) in [6, 6.07) is 4.81. The van der Waals surface area contributed by atoms with Crippen LogP contribution in [0, 0.1) is 0 Å². The maximum absolute atomic E-state index is 12.3. The fraction of sp³-hybridized carbons (Fsp3) is 0.267. The van der Waals surface area contributed by atoms with Gasteiger partial charge in [-0.2, -0.15) is 5.10 Å². The molecule has 23 heavy (non-hydrogen) atoms. The number of rotatable bonds is 4. The maximum atomic E-state index is 12.3. The SMILES string of the molecule is NC(=O)N1CCc2cc(NC(=O)c3cnn(CCF)c3)ccc21. The van der Waals surface area contributed by atoms with Crippen LogP contribution in [0.15, 0.2) is 30.6 Å². The number of nitrogens with one attached hydrogen (secondary N) is 1. The van der Waals surface area contributed by atoms with Gasteiger partial charge in [0.15, 0.2) is 0 Å². The summed E-state index contributed by atoms with van der Waals surface area (Å²) in [6.07, 6.45) is 3.58. The van der Waals surface area contributed by atoms with Crippen molar-refractivity contribution in [2.75, 3.05) is 23.4 Å². The van der Waals surface area contributed by atoms with Gasteiger partial charge in [0.1, 0.15) is 6.67 Å². The molecule has 3 amide bonds. The summed E-state index contributed by atoms with van der Waals surface area (Å²) in [6.45, 7) is 0.122. The van der Waals surface area contributed by atoms with E-state index < -0.39 is 12.7 Å². The van der Waals surface area contributed by atoms with Crippen LogP contribution in [-0.2, 0) is 13.0 Å². The molecule has 1 aliphatic rings. The molecule has 1 aromatic heterocycles. The number of hydrogen-bond donors (Lipinski definition) is 2. The van der Waals surface area contributed by atoms with Crippen molar-refractivity contribution >= 4 is 23.3 Å². The van der Waals surface area contributed by atoms with Gasteiger partial charge in [-0.3, -0.25) is 14.4 Å². The molecule has 3 rings (SSSR count). The monoisotopic (exact) mass is 317 g/mol. The number of urea groups is 1. The molecular weight excluding hydrogens is 301 g/mol. The summed E-state index contributed by atoms with van der Waals surface area (Å²) in [7, 11) is 0. The largest absolute Gasteiger partial charge is 0.351 e. The highest BCUT2D eigenvalue weighted by molar-refractivity contribution is 6.04. The summed E-state index contributed by atoms with van der Waals surface area (Å²) in [4.78, 5) is 25.0. The number of nitrogens with two attached hydrogens (primary N) is 1. The minimum absolute atomic E-state index is 0.120. The Morgan fingerprint density at radius 3 is 2.96 bits per heavy atom. The van der Waals surface area contributed by atoms with Crippen LogP contribution >= 0.6 is 0 Å². The standard InChI is InChI=1S/C15H16FN5O2/c16-4-6-20-9-11(8-18-20)14(22)19-12-1-2-13-10(7-12)3-5-21(13)15(17)23/h1-2,7-9H,3-6H2,(H2,17,23)(H,19,22). The molecule has 1 aliphatic heterocycles. The van der Waals surface area contributed by atoms with Gasteiger partial charge >= 0.3 is 6.03 Å². The molecule has 0 atom stereocenters. The molecule has 0 unspecified atom stereocenters. The van der Waals surface area contributed by atoms with Gasteiger partial charge in [-0.05, 0) is 30.2 Å². The molecule has 7 nitrogen and oxygen atoms in total. The molecule has 2 aromatic rings. The molecule has 0 saturated carbocycles. The number of anilines is 2. The number of fused-ring (bicyclic) bond motifs is 1. The number of benzene rings is 1. The second kappa shape index (κ2) is 6.07. The predicted molar refractivity (Wildman–Crippen MR) is 83.2 cm³/mol. The zero-order chi connectivity index (χ0) is 16.4. The van der Waals surface area contributed by atoms with Gasteiger partial charge < -0.3 is 11.1 Å². The number of halogens is 1. The molecule has 0 aliphatic carbocycles. The first-order valence-electron chi connectivity index (χ1n) is 7.18. The molecule has 120 valence electrons. The lowest BCUT2D eigenvalue weighted by Crippen LogP contribution is -2.33. The molecular formula is C15H16FN5O2. The third-order valence-electron chi connectivity index (χ3n) is 3.71. The van der Waals surface area contributed by atoms with Crippen LogP contribution < -0.4 is 16.0 Å². The number of hydrogen-bond acceptors (Lipinski definition) is 3. The minimum atomic E-state index is -0.538. The Bertz CT molecular complexity index is 758. The summed E-state index contributed by atoms with van der Waals surface area (Å²) < 4.78 is 13.6. The Labute approximate surface area is 131 Å². The first-order chi connectivity index (χ1) is 11.1. The van der Waals surface area contributed by atoms with Crippen LogP contribution in [-0.4, -0.2) is 34.9 Å². The average molecular weight is 317 g/mol. The Hall–Kier alpha value is -2.90. The Kier molecular flexibility index (Phi) is 3.96. The molecule has 2 heterocycles. The highest BCUT2D eigenvalue weighted by Crippen LogP contribution is 2.30. The maximum Gasteiger partial charge on any atom is 0.319 e. The van der Waals surface area contributed by atoms with E-state index in [1.807, 2.05) is 6.07 Å². The fourth-order valence-electron chi connectivity index (χ4n) is 2.60. The quantitative estimate of drug-likeness (QED) is 0.896. The molecule has 0 bridgehead atoms. The lowest BCUT2D eigenvalue weighted by molar-refractivity contribution is 0.102. The normalized spacial score (nSPS) is 13.0. The van der Waals surface area contributed by atoms with Crippen LogP contribution in [0.2, 0.25) is 0 Å². The van der Waals surface area contributed by atoms with Crippen LogP contribution in [0.5, 0.6) is 0 Å². The molecule has 3 N–H and O–H groups in total. The van der Waals surface area contributed by atoms with Crippen molar-refractivity contribution in [1.82, 2.24) is 9.78 Å². The van der Waals surface area contributed by atoms with E-state index in [0.717, 1.165) is 11.3 Å². The number of alkyl halides is 1. The highest BCUT2D eigenvalue weighted by atomic mass is 19.1. The topological polar surface area (TPSA) is 93.2 Å². The molecule has 0 saturated heterocycles. The second-order valence-corrected chi connectivity index (χ2v) is 5.22. The number of carbonyl (C=O) groups is 2. The molecule has 0 fully saturated rings. The van der Waals surface area contributed by atoms with Crippen LogP contribution in [0.4, 0.5) is 20.6 Å². The van der Waals surface area contributed by atoms with Gasteiger partial charge in [0.05, 0.1) is 18.3 Å². The number of carbonyl (C=O) groups excluding carboxylic acids is 2. The van der Waals surface area contributed by atoms with Gasteiger partial charge in [-0.1, -0.05) is 0 Å². The lowest BCUT2D eigenvalue weighted by atomic mass is 10.1. The van der Waals surface area contributed by atoms with Gasteiger partial charge in [0, 0.05) is 24.1 Å². The van der Waals surface area contributed by atoms with E-state index in [0.29, 0.717) is 24.2 Å². The summed E-state index contributed by atoms with van der Waals surface area (Å²) in [5, 5.41) is 6.68. The van der Waals surface area contributed by atoms with E-state index in [9.17, 15) is 14.0 Å². The highest BCUT2D eigenvalue weighted by Gasteiger charge is 2.23. The Morgan fingerprint density at radius 2 is 2.22 bits per heavy atom. The van der Waals surface area contributed by atoms with Crippen LogP contribution in [0.3, 0.4) is 0 Å². The van der Waals surface area contributed by atoms with E-state index >= 15 is 0 Å². The van der Waals surface area contributed by atoms with Crippen LogP contribution in [0.25, 0.3) is 0 Å². The number of primary amides is 1. The van der Waals surface area contributed by atoms with Crippen LogP contribution in [0.1, 0.15) is 15.9 Å². The van der Waals surface area contributed by atoms with Gasteiger partial charge in [-0.15, -0.1) is 0 Å². The van der Waals surface area contributed by atoms with Gasteiger partial charge in [-0.25, -0.2) is 9.18 Å². The lowest BCUT2D eigenvalue weighted by Gasteiger charge is -2.14. The second-order valence-electron chi connectivity index (χ2n) is 5.22. The zero-order valence-corrected chi connectivity index (χ0v) is 12.3. The average Bonchev–Trinajstić information content (AvgIpc) is 3.13. The van der Waals surface area contributed by atoms with Gasteiger partial charge in [0.25, 0.3) is 5.91 Å². The molecule has 0 spiro atoms. The molecule has 0 radical (unpaired) electrons. The first kappa shape index (κ1) is 15.0. The van der Waals surface area contributed by atoms with Crippen molar-refractivity contribution in [3.8, 4) is 0 Å². The summed E-state index contributed by atoms with van der Waals surface area (Å²) >= 11 is 0. The van der Waals surface area contributed by atoms with Crippen molar-refractivity contribution in [3.05, 3.63) is 41.7 Å². The van der Waals surface area contributed by atoms with E-state index in [-0.39, 0.29) is 12.5 Å². The molecule has 8 heteroatoms. The van der Waals surface area contributed by atoms with E-state index in [1.54, 1.807) is 12.1 Å². The van der Waals surface area contributed by atoms with Crippen molar-refractivity contribution in [2.45, 2.75) is 13.0 Å². The zero-order valence-electron chi connectivity index (χ0n) is 12.3. The van der Waals surface area contributed by atoms with Crippen molar-refractivity contribution in [1.29, 1.82) is 0 Å². The Balaban J connectivity index is 1.73. The minimum Gasteiger partial charge on any atom is -0.351 e. The fourth-order valence-corrected chi connectivity index (χ4v) is 2.60. The van der Waals surface area contributed by atoms with Gasteiger partial charge in [0.2, 0.25) is 0 Å². The first-order valence-corrected chi connectivity index (χ1v) is 7.18. The summed E-state index contributed by atoms with van der Waals surface area (Å²) in [5.41, 5.74) is 8.02.